The molecule has 1 aromatic rings. The van der Waals surface area contributed by atoms with Gasteiger partial charge >= 0.3 is 0 Å². The minimum Gasteiger partial charge on any atom is -0.508 e. The Kier molecular flexibility index (Phi) is 12.5. The standard InChI is InChI=1S/C28H48O/c1-3-4-5-6-7-8-9-10-11-12-13-14-15-17-25-18-16-19-26(23-25)27-20-21-28(29)24(2)22-27/h20-22,25-26,29H,3-19,23H2,1-2H3. The fourth-order valence-corrected chi connectivity index (χ4v) is 5.24. The molecule has 1 saturated carbocycles. The van der Waals surface area contributed by atoms with Gasteiger partial charge in [-0.3, -0.25) is 0 Å². The third kappa shape index (κ3) is 10.1. The normalized spacial score (nSPS) is 19.5. The average molecular weight is 401 g/mol. The zero-order valence-electron chi connectivity index (χ0n) is 19.6. The van der Waals surface area contributed by atoms with Crippen molar-refractivity contribution in [3.8, 4) is 5.75 Å². The Morgan fingerprint density at radius 2 is 1.38 bits per heavy atom. The molecule has 1 aliphatic carbocycles. The minimum absolute atomic E-state index is 0.438. The molecule has 1 nitrogen and oxygen atoms in total. The molecule has 29 heavy (non-hydrogen) atoms. The van der Waals surface area contributed by atoms with Crippen molar-refractivity contribution in [1.82, 2.24) is 0 Å². The van der Waals surface area contributed by atoms with E-state index >= 15 is 0 Å². The first kappa shape index (κ1) is 24.3. The molecule has 1 heteroatoms. The predicted octanol–water partition coefficient (Wildman–Crippen LogP) is 9.46. The highest BCUT2D eigenvalue weighted by molar-refractivity contribution is 5.36. The maximum atomic E-state index is 9.78. The lowest BCUT2D eigenvalue weighted by Gasteiger charge is -2.30. The van der Waals surface area contributed by atoms with Gasteiger partial charge in [-0.2, -0.15) is 0 Å². The van der Waals surface area contributed by atoms with Crippen LogP contribution in [0.3, 0.4) is 0 Å². The summed E-state index contributed by atoms with van der Waals surface area (Å²) >= 11 is 0. The first-order chi connectivity index (χ1) is 14.2. The molecule has 0 saturated heterocycles. The van der Waals surface area contributed by atoms with Crippen LogP contribution in [0.4, 0.5) is 0 Å². The fourth-order valence-electron chi connectivity index (χ4n) is 5.24. The van der Waals surface area contributed by atoms with Crippen LogP contribution >= 0.6 is 0 Å². The second kappa shape index (κ2) is 14.9. The lowest BCUT2D eigenvalue weighted by Crippen LogP contribution is -2.14. The summed E-state index contributed by atoms with van der Waals surface area (Å²) in [5, 5.41) is 9.78. The molecule has 0 aliphatic heterocycles. The van der Waals surface area contributed by atoms with Crippen LogP contribution in [-0.2, 0) is 0 Å². The number of benzene rings is 1. The number of phenols is 1. The Bertz CT molecular complexity index is 535. The van der Waals surface area contributed by atoms with Crippen LogP contribution in [0.1, 0.15) is 140 Å². The van der Waals surface area contributed by atoms with E-state index in [1.807, 2.05) is 13.0 Å². The Labute approximate surface area is 181 Å². The second-order valence-electron chi connectivity index (χ2n) is 9.81. The van der Waals surface area contributed by atoms with E-state index in [2.05, 4.69) is 19.1 Å². The summed E-state index contributed by atoms with van der Waals surface area (Å²) in [6.07, 6.45) is 25.7. The Balaban J connectivity index is 1.46. The molecule has 2 unspecified atom stereocenters. The summed E-state index contributed by atoms with van der Waals surface area (Å²) in [6.45, 7) is 4.32. The van der Waals surface area contributed by atoms with E-state index in [-0.39, 0.29) is 0 Å². The van der Waals surface area contributed by atoms with Gasteiger partial charge in [0.05, 0.1) is 0 Å². The van der Waals surface area contributed by atoms with Gasteiger partial charge in [-0.05, 0) is 48.8 Å². The van der Waals surface area contributed by atoms with Gasteiger partial charge in [-0.15, -0.1) is 0 Å². The molecule has 0 amide bonds. The molecule has 166 valence electrons. The molecule has 2 rings (SSSR count). The summed E-state index contributed by atoms with van der Waals surface area (Å²) < 4.78 is 0. The van der Waals surface area contributed by atoms with Gasteiger partial charge in [-0.1, -0.05) is 122 Å². The zero-order chi connectivity index (χ0) is 20.7. The highest BCUT2D eigenvalue weighted by Crippen LogP contribution is 2.39. The van der Waals surface area contributed by atoms with Gasteiger partial charge in [-0.25, -0.2) is 0 Å². The maximum Gasteiger partial charge on any atom is 0.118 e. The van der Waals surface area contributed by atoms with E-state index in [9.17, 15) is 5.11 Å². The smallest absolute Gasteiger partial charge is 0.118 e. The molecule has 0 radical (unpaired) electrons. The van der Waals surface area contributed by atoms with Crippen LogP contribution in [0, 0.1) is 12.8 Å². The Morgan fingerprint density at radius 3 is 1.97 bits per heavy atom. The third-order valence-electron chi connectivity index (χ3n) is 7.19. The zero-order valence-corrected chi connectivity index (χ0v) is 19.6. The van der Waals surface area contributed by atoms with Crippen molar-refractivity contribution in [2.45, 2.75) is 135 Å². The minimum atomic E-state index is 0.438. The SMILES string of the molecule is CCCCCCCCCCCCCCCC1CCCC(c2ccc(O)c(C)c2)C1. The molecular weight excluding hydrogens is 352 g/mol. The second-order valence-corrected chi connectivity index (χ2v) is 9.81. The molecule has 1 aromatic carbocycles. The van der Waals surface area contributed by atoms with Crippen LogP contribution in [0.5, 0.6) is 5.75 Å². The van der Waals surface area contributed by atoms with Crippen LogP contribution in [-0.4, -0.2) is 5.11 Å². The van der Waals surface area contributed by atoms with Crippen LogP contribution in [0.15, 0.2) is 18.2 Å². The largest absolute Gasteiger partial charge is 0.508 e. The van der Waals surface area contributed by atoms with Gasteiger partial charge in [0.25, 0.3) is 0 Å². The summed E-state index contributed by atoms with van der Waals surface area (Å²) in [6, 6.07) is 6.26. The van der Waals surface area contributed by atoms with Crippen LogP contribution in [0.25, 0.3) is 0 Å². The van der Waals surface area contributed by atoms with Crippen molar-refractivity contribution in [3.63, 3.8) is 0 Å². The van der Waals surface area contributed by atoms with Gasteiger partial charge in [0, 0.05) is 0 Å². The molecule has 0 bridgehead atoms. The Morgan fingerprint density at radius 1 is 0.793 bits per heavy atom. The number of phenolic OH excluding ortho intramolecular Hbond substituents is 1. The first-order valence-electron chi connectivity index (χ1n) is 13.0. The van der Waals surface area contributed by atoms with Crippen molar-refractivity contribution >= 4 is 0 Å². The van der Waals surface area contributed by atoms with Gasteiger partial charge < -0.3 is 5.11 Å². The topological polar surface area (TPSA) is 20.2 Å². The van der Waals surface area contributed by atoms with E-state index in [0.29, 0.717) is 5.75 Å². The number of aromatic hydroxyl groups is 1. The van der Waals surface area contributed by atoms with E-state index in [1.165, 1.54) is 121 Å². The molecule has 1 N–H and O–H groups in total. The van der Waals surface area contributed by atoms with E-state index in [0.717, 1.165) is 17.4 Å². The van der Waals surface area contributed by atoms with Crippen molar-refractivity contribution in [1.29, 1.82) is 0 Å². The van der Waals surface area contributed by atoms with Crippen molar-refractivity contribution in [3.05, 3.63) is 29.3 Å². The third-order valence-corrected chi connectivity index (χ3v) is 7.19. The molecule has 0 spiro atoms. The first-order valence-corrected chi connectivity index (χ1v) is 13.0. The van der Waals surface area contributed by atoms with Gasteiger partial charge in [0.15, 0.2) is 0 Å². The monoisotopic (exact) mass is 400 g/mol. The van der Waals surface area contributed by atoms with Crippen molar-refractivity contribution in [2.75, 3.05) is 0 Å². The Hall–Kier alpha value is -0.980. The van der Waals surface area contributed by atoms with Crippen LogP contribution < -0.4 is 0 Å². The lowest BCUT2D eigenvalue weighted by molar-refractivity contribution is 0.297. The summed E-state index contributed by atoms with van der Waals surface area (Å²) in [5.41, 5.74) is 2.48. The van der Waals surface area contributed by atoms with E-state index in [1.54, 1.807) is 0 Å². The predicted molar refractivity (Wildman–Crippen MR) is 128 cm³/mol. The van der Waals surface area contributed by atoms with E-state index < -0.39 is 0 Å². The van der Waals surface area contributed by atoms with Gasteiger partial charge in [0.2, 0.25) is 0 Å². The quantitative estimate of drug-likeness (QED) is 0.291. The molecule has 1 aliphatic rings. The van der Waals surface area contributed by atoms with Crippen molar-refractivity contribution < 1.29 is 5.11 Å². The maximum absolute atomic E-state index is 9.78. The molecular formula is C28H48O. The number of aryl methyl sites for hydroxylation is 1. The van der Waals surface area contributed by atoms with Gasteiger partial charge in [0.1, 0.15) is 5.75 Å². The van der Waals surface area contributed by atoms with Crippen molar-refractivity contribution in [2.24, 2.45) is 5.92 Å². The molecule has 2 atom stereocenters. The molecule has 0 heterocycles. The highest BCUT2D eigenvalue weighted by atomic mass is 16.3. The number of rotatable bonds is 15. The highest BCUT2D eigenvalue weighted by Gasteiger charge is 2.23. The van der Waals surface area contributed by atoms with E-state index in [4.69, 9.17) is 0 Å². The number of unbranched alkanes of at least 4 members (excludes halogenated alkanes) is 12. The summed E-state index contributed by atoms with van der Waals surface area (Å²) in [7, 11) is 0. The van der Waals surface area contributed by atoms with Crippen LogP contribution in [0.2, 0.25) is 0 Å². The summed E-state index contributed by atoms with van der Waals surface area (Å²) in [4.78, 5) is 0. The average Bonchev–Trinajstić information content (AvgIpc) is 2.73. The lowest BCUT2D eigenvalue weighted by atomic mass is 9.76. The molecule has 1 fully saturated rings. The fraction of sp³-hybridized carbons (Fsp3) is 0.786. The molecule has 0 aromatic heterocycles. The summed E-state index contributed by atoms with van der Waals surface area (Å²) in [5.74, 6) is 2.08. The number of hydrogen-bond acceptors (Lipinski definition) is 1. The number of hydrogen-bond donors (Lipinski definition) is 1.